The highest BCUT2D eigenvalue weighted by Crippen LogP contribution is 2.54. The lowest BCUT2D eigenvalue weighted by Crippen LogP contribution is -2.32. The first kappa shape index (κ1) is 26.5. The second-order valence-corrected chi connectivity index (χ2v) is 12.2. The minimum atomic E-state index is -0.455. The summed E-state index contributed by atoms with van der Waals surface area (Å²) in [5.74, 6) is 3.66. The van der Waals surface area contributed by atoms with Crippen LogP contribution in [0.2, 0.25) is 0 Å². The quantitative estimate of drug-likeness (QED) is 0.204. The summed E-state index contributed by atoms with van der Waals surface area (Å²) >= 11 is 0. The van der Waals surface area contributed by atoms with Crippen molar-refractivity contribution in [3.8, 4) is 39.7 Å². The fourth-order valence-corrected chi connectivity index (χ4v) is 7.14. The van der Waals surface area contributed by atoms with Gasteiger partial charge in [-0.3, -0.25) is 0 Å². The lowest BCUT2D eigenvalue weighted by atomic mass is 9.69. The van der Waals surface area contributed by atoms with Crippen LogP contribution in [0.15, 0.2) is 157 Å². The molecule has 4 nitrogen and oxygen atoms in total. The van der Waals surface area contributed by atoms with Crippen molar-refractivity contribution >= 4 is 21.5 Å². The summed E-state index contributed by atoms with van der Waals surface area (Å²) in [4.78, 5) is 15.7. The zero-order chi connectivity index (χ0) is 30.7. The molecule has 0 N–H and O–H groups in total. The maximum Gasteiger partial charge on any atom is 0.164 e. The first-order valence-electron chi connectivity index (χ1n) is 15.7. The van der Waals surface area contributed by atoms with Crippen LogP contribution in [0.5, 0.6) is 5.75 Å². The number of hydrogen-bond donors (Lipinski definition) is 0. The fraction of sp³-hybridized carbons (Fsp3) is 0.0714. The molecular formula is C42H29N3O. The van der Waals surface area contributed by atoms with Gasteiger partial charge in [-0.25, -0.2) is 15.0 Å². The molecule has 7 aromatic rings. The van der Waals surface area contributed by atoms with Gasteiger partial charge in [-0.05, 0) is 57.8 Å². The highest BCUT2D eigenvalue weighted by Gasteiger charge is 2.49. The van der Waals surface area contributed by atoms with Crippen molar-refractivity contribution in [1.82, 2.24) is 15.0 Å². The van der Waals surface area contributed by atoms with E-state index in [2.05, 4.69) is 146 Å². The largest absolute Gasteiger partial charge is 0.460 e. The Bertz CT molecular complexity index is 2370. The molecule has 2 heterocycles. The number of allylic oxidation sites excluding steroid dienone is 4. The first-order valence-corrected chi connectivity index (χ1v) is 15.7. The second kappa shape index (κ2) is 10.4. The molecule has 0 bridgehead atoms. The van der Waals surface area contributed by atoms with Crippen LogP contribution < -0.4 is 4.74 Å². The van der Waals surface area contributed by atoms with Gasteiger partial charge in [0, 0.05) is 16.7 Å². The third kappa shape index (κ3) is 4.11. The number of para-hydroxylation sites is 1. The van der Waals surface area contributed by atoms with Crippen molar-refractivity contribution in [2.45, 2.75) is 18.3 Å². The van der Waals surface area contributed by atoms with E-state index < -0.39 is 5.41 Å². The number of hydrogen-bond acceptors (Lipinski definition) is 4. The normalized spacial score (nSPS) is 18.2. The Morgan fingerprint density at radius 2 is 1.30 bits per heavy atom. The van der Waals surface area contributed by atoms with Gasteiger partial charge >= 0.3 is 0 Å². The van der Waals surface area contributed by atoms with Crippen LogP contribution in [0.1, 0.15) is 24.2 Å². The Balaban J connectivity index is 1.28. The molecule has 2 aliphatic rings. The zero-order valence-electron chi connectivity index (χ0n) is 25.3. The summed E-state index contributed by atoms with van der Waals surface area (Å²) < 4.78 is 6.40. The summed E-state index contributed by atoms with van der Waals surface area (Å²) in [6.07, 6.45) is 6.34. The van der Waals surface area contributed by atoms with Gasteiger partial charge in [0.05, 0.1) is 11.3 Å². The van der Waals surface area contributed by atoms with Crippen molar-refractivity contribution in [2.75, 3.05) is 0 Å². The average Bonchev–Trinajstić information content (AvgIpc) is 3.43. The monoisotopic (exact) mass is 591 g/mol. The molecule has 0 saturated carbocycles. The number of fused-ring (bicyclic) bond motifs is 5. The third-order valence-corrected chi connectivity index (χ3v) is 9.54. The number of nitrogens with zero attached hydrogens (tertiary/aromatic N) is 3. The average molecular weight is 592 g/mol. The predicted molar refractivity (Wildman–Crippen MR) is 186 cm³/mol. The summed E-state index contributed by atoms with van der Waals surface area (Å²) in [5, 5.41) is 4.59. The van der Waals surface area contributed by atoms with E-state index >= 15 is 0 Å². The molecular weight excluding hydrogens is 562 g/mol. The molecule has 6 aromatic carbocycles. The fourth-order valence-electron chi connectivity index (χ4n) is 7.14. The number of aromatic nitrogens is 3. The molecule has 1 aromatic heterocycles. The topological polar surface area (TPSA) is 47.9 Å². The Labute approximate surface area is 267 Å². The van der Waals surface area contributed by atoms with Crippen LogP contribution in [0.4, 0.5) is 0 Å². The molecule has 1 aliphatic carbocycles. The standard InChI is InChI=1S/C42H29N3O/c1-42-35-20-7-8-22-37(35)46-38(42)23-11-21-36(42)41-44-39(43-40(45-41)33-19-10-15-28-14-5-6-17-31(28)33)30-25-24-29-16-9-18-32(34(29)26-30)27-12-3-2-4-13-27/h2-26,36H,1H3. The SMILES string of the molecule is CC12C(=CC=CC1c1nc(-c3ccc4cccc(-c5ccccc5)c4c3)nc(-c3cccc4ccccc34)n1)Oc1ccccc12. The predicted octanol–water partition coefficient (Wildman–Crippen LogP) is 10.1. The Kier molecular flexibility index (Phi) is 5.97. The van der Waals surface area contributed by atoms with E-state index in [0.717, 1.165) is 44.4 Å². The first-order chi connectivity index (χ1) is 22.7. The highest BCUT2D eigenvalue weighted by atomic mass is 16.5. The maximum atomic E-state index is 6.40. The molecule has 9 rings (SSSR count). The van der Waals surface area contributed by atoms with Gasteiger partial charge in [-0.15, -0.1) is 0 Å². The summed E-state index contributed by atoms with van der Waals surface area (Å²) in [6.45, 7) is 2.24. The zero-order valence-corrected chi connectivity index (χ0v) is 25.3. The molecule has 2 atom stereocenters. The van der Waals surface area contributed by atoms with Gasteiger partial charge in [0.25, 0.3) is 0 Å². The van der Waals surface area contributed by atoms with Gasteiger partial charge < -0.3 is 4.74 Å². The molecule has 0 fully saturated rings. The van der Waals surface area contributed by atoms with Crippen LogP contribution in [0.25, 0.3) is 55.4 Å². The third-order valence-electron chi connectivity index (χ3n) is 9.54. The Morgan fingerprint density at radius 1 is 0.587 bits per heavy atom. The lowest BCUT2D eigenvalue weighted by molar-refractivity contribution is 0.352. The summed E-state index contributed by atoms with van der Waals surface area (Å²) in [5.41, 5.74) is 4.98. The molecule has 0 spiro atoms. The van der Waals surface area contributed by atoms with E-state index in [0.29, 0.717) is 17.5 Å². The van der Waals surface area contributed by atoms with Crippen LogP contribution in [0, 0.1) is 0 Å². The number of rotatable bonds is 4. The van der Waals surface area contributed by atoms with Crippen LogP contribution >= 0.6 is 0 Å². The van der Waals surface area contributed by atoms with E-state index in [1.54, 1.807) is 0 Å². The van der Waals surface area contributed by atoms with E-state index in [9.17, 15) is 0 Å². The molecule has 1 aliphatic heterocycles. The summed E-state index contributed by atoms with van der Waals surface area (Å²) in [7, 11) is 0. The van der Waals surface area contributed by atoms with Gasteiger partial charge in [0.2, 0.25) is 0 Å². The Hall–Kier alpha value is -5.87. The molecule has 0 radical (unpaired) electrons. The number of ether oxygens (including phenoxy) is 1. The molecule has 46 heavy (non-hydrogen) atoms. The van der Waals surface area contributed by atoms with E-state index in [4.69, 9.17) is 19.7 Å². The maximum absolute atomic E-state index is 6.40. The molecule has 2 unspecified atom stereocenters. The molecule has 4 heteroatoms. The second-order valence-electron chi connectivity index (χ2n) is 12.2. The van der Waals surface area contributed by atoms with Gasteiger partial charge in [0.15, 0.2) is 11.6 Å². The number of benzene rings is 6. The van der Waals surface area contributed by atoms with E-state index in [-0.39, 0.29) is 5.92 Å². The highest BCUT2D eigenvalue weighted by molar-refractivity contribution is 5.99. The lowest BCUT2D eigenvalue weighted by Gasteiger charge is -2.33. The van der Waals surface area contributed by atoms with Crippen molar-refractivity contribution in [1.29, 1.82) is 0 Å². The van der Waals surface area contributed by atoms with Crippen molar-refractivity contribution in [3.05, 3.63) is 169 Å². The smallest absolute Gasteiger partial charge is 0.164 e. The van der Waals surface area contributed by atoms with Crippen molar-refractivity contribution in [2.24, 2.45) is 0 Å². The minimum Gasteiger partial charge on any atom is -0.460 e. The van der Waals surface area contributed by atoms with E-state index in [1.807, 2.05) is 12.1 Å². The molecule has 218 valence electrons. The minimum absolute atomic E-state index is 0.160. The van der Waals surface area contributed by atoms with Crippen LogP contribution in [0.3, 0.4) is 0 Å². The van der Waals surface area contributed by atoms with Gasteiger partial charge in [0.1, 0.15) is 17.3 Å². The summed E-state index contributed by atoms with van der Waals surface area (Å²) in [6, 6.07) is 46.5. The van der Waals surface area contributed by atoms with Crippen molar-refractivity contribution < 1.29 is 4.74 Å². The van der Waals surface area contributed by atoms with Crippen LogP contribution in [-0.2, 0) is 5.41 Å². The molecule has 0 saturated heterocycles. The van der Waals surface area contributed by atoms with E-state index in [1.165, 1.54) is 16.5 Å². The van der Waals surface area contributed by atoms with Crippen molar-refractivity contribution in [3.63, 3.8) is 0 Å². The van der Waals surface area contributed by atoms with Gasteiger partial charge in [-0.1, -0.05) is 133 Å². The van der Waals surface area contributed by atoms with Gasteiger partial charge in [-0.2, -0.15) is 0 Å². The van der Waals surface area contributed by atoms with Crippen LogP contribution in [-0.4, -0.2) is 15.0 Å². The Morgan fingerprint density at radius 3 is 2.20 bits per heavy atom. The molecule has 0 amide bonds.